The van der Waals surface area contributed by atoms with Gasteiger partial charge in [-0.05, 0) is 37.0 Å². The second kappa shape index (κ2) is 7.38. The van der Waals surface area contributed by atoms with Crippen LogP contribution in [0.4, 0.5) is 0 Å². The zero-order valence-electron chi connectivity index (χ0n) is 12.1. The van der Waals surface area contributed by atoms with E-state index in [9.17, 15) is 5.11 Å². The summed E-state index contributed by atoms with van der Waals surface area (Å²) in [5.74, 6) is 2.13. The van der Waals surface area contributed by atoms with E-state index >= 15 is 0 Å². The van der Waals surface area contributed by atoms with Gasteiger partial charge in [-0.1, -0.05) is 40.5 Å². The second-order valence-electron chi connectivity index (χ2n) is 6.17. The maximum Gasteiger partial charge on any atom is 0.0692 e. The lowest BCUT2D eigenvalue weighted by Crippen LogP contribution is -2.42. The summed E-state index contributed by atoms with van der Waals surface area (Å²) in [7, 11) is 0. The topological polar surface area (TPSA) is 32.3 Å². The maximum absolute atomic E-state index is 10.1. The molecule has 0 bridgehead atoms. The van der Waals surface area contributed by atoms with Crippen LogP contribution in [0.1, 0.15) is 59.8 Å². The molecule has 0 aromatic carbocycles. The Hall–Kier alpha value is -0.0800. The van der Waals surface area contributed by atoms with E-state index in [-0.39, 0.29) is 6.10 Å². The van der Waals surface area contributed by atoms with E-state index in [1.807, 2.05) is 0 Å². The molecule has 1 saturated carbocycles. The van der Waals surface area contributed by atoms with Crippen molar-refractivity contribution < 1.29 is 5.11 Å². The van der Waals surface area contributed by atoms with Crippen molar-refractivity contribution in [2.24, 2.45) is 17.8 Å². The Kier molecular flexibility index (Phi) is 6.50. The number of rotatable bonds is 6. The molecule has 0 saturated heterocycles. The number of hydrogen-bond acceptors (Lipinski definition) is 2. The van der Waals surface area contributed by atoms with Crippen LogP contribution < -0.4 is 5.32 Å². The first-order valence-electron chi connectivity index (χ1n) is 7.48. The van der Waals surface area contributed by atoms with Crippen LogP contribution >= 0.6 is 0 Å². The molecule has 1 aliphatic carbocycles. The summed E-state index contributed by atoms with van der Waals surface area (Å²) in [6, 6.07) is 0.623. The highest BCUT2D eigenvalue weighted by Gasteiger charge is 2.24. The largest absolute Gasteiger partial charge is 0.392 e. The minimum atomic E-state index is -0.169. The lowest BCUT2D eigenvalue weighted by Gasteiger charge is -2.33. The van der Waals surface area contributed by atoms with Gasteiger partial charge in [0.05, 0.1) is 6.10 Å². The molecule has 102 valence electrons. The van der Waals surface area contributed by atoms with Gasteiger partial charge in [-0.15, -0.1) is 0 Å². The van der Waals surface area contributed by atoms with Gasteiger partial charge in [0.2, 0.25) is 0 Å². The van der Waals surface area contributed by atoms with Crippen molar-refractivity contribution in [3.63, 3.8) is 0 Å². The average molecular weight is 241 g/mol. The van der Waals surface area contributed by atoms with Gasteiger partial charge in [-0.2, -0.15) is 0 Å². The predicted molar refractivity (Wildman–Crippen MR) is 74.0 cm³/mol. The molecule has 0 aromatic rings. The molecule has 2 nitrogen and oxygen atoms in total. The van der Waals surface area contributed by atoms with Gasteiger partial charge < -0.3 is 10.4 Å². The molecular weight excluding hydrogens is 210 g/mol. The fourth-order valence-electron chi connectivity index (χ4n) is 3.40. The van der Waals surface area contributed by atoms with Gasteiger partial charge in [0.25, 0.3) is 0 Å². The van der Waals surface area contributed by atoms with Crippen molar-refractivity contribution in [1.82, 2.24) is 5.32 Å². The fourth-order valence-corrected chi connectivity index (χ4v) is 3.40. The predicted octanol–water partition coefficient (Wildman–Crippen LogP) is 3.20. The Morgan fingerprint density at radius 2 is 1.59 bits per heavy atom. The monoisotopic (exact) mass is 241 g/mol. The summed E-state index contributed by atoms with van der Waals surface area (Å²) in [6.45, 7) is 9.81. The minimum Gasteiger partial charge on any atom is -0.392 e. The molecular formula is C15H31NO. The highest BCUT2D eigenvalue weighted by molar-refractivity contribution is 4.81. The Morgan fingerprint density at radius 1 is 1.06 bits per heavy atom. The van der Waals surface area contributed by atoms with Gasteiger partial charge in [-0.3, -0.25) is 0 Å². The standard InChI is InChI=1S/C15H31NO/c1-5-13(6-2)15(17)10-16-14-8-11(3)7-12(4)9-14/h11-17H,5-10H2,1-4H3. The van der Waals surface area contributed by atoms with E-state index in [2.05, 4.69) is 33.0 Å². The fraction of sp³-hybridized carbons (Fsp3) is 1.00. The molecule has 0 amide bonds. The molecule has 0 radical (unpaired) electrons. The van der Waals surface area contributed by atoms with E-state index in [0.717, 1.165) is 31.2 Å². The Bertz CT molecular complexity index is 193. The summed E-state index contributed by atoms with van der Waals surface area (Å²) in [4.78, 5) is 0. The molecule has 1 aliphatic rings. The van der Waals surface area contributed by atoms with Crippen LogP contribution in [0, 0.1) is 17.8 Å². The zero-order valence-corrected chi connectivity index (χ0v) is 12.1. The van der Waals surface area contributed by atoms with Crippen molar-refractivity contribution in [3.8, 4) is 0 Å². The molecule has 1 fully saturated rings. The summed E-state index contributed by atoms with van der Waals surface area (Å²) < 4.78 is 0. The first-order chi connectivity index (χ1) is 8.06. The van der Waals surface area contributed by atoms with Crippen molar-refractivity contribution in [2.45, 2.75) is 71.9 Å². The van der Waals surface area contributed by atoms with Gasteiger partial charge in [-0.25, -0.2) is 0 Å². The summed E-state index contributed by atoms with van der Waals surface area (Å²) >= 11 is 0. The molecule has 3 atom stereocenters. The first kappa shape index (κ1) is 15.0. The smallest absolute Gasteiger partial charge is 0.0692 e. The van der Waals surface area contributed by atoms with E-state index in [0.29, 0.717) is 12.0 Å². The van der Waals surface area contributed by atoms with E-state index in [1.165, 1.54) is 19.3 Å². The lowest BCUT2D eigenvalue weighted by atomic mass is 9.80. The van der Waals surface area contributed by atoms with Crippen molar-refractivity contribution in [2.75, 3.05) is 6.54 Å². The van der Waals surface area contributed by atoms with Crippen LogP contribution in [-0.2, 0) is 0 Å². The van der Waals surface area contributed by atoms with E-state index in [1.54, 1.807) is 0 Å². The third-order valence-electron chi connectivity index (χ3n) is 4.39. The quantitative estimate of drug-likeness (QED) is 0.748. The summed E-state index contributed by atoms with van der Waals surface area (Å²) in [5.41, 5.74) is 0. The Labute approximate surface area is 107 Å². The van der Waals surface area contributed by atoms with Crippen LogP contribution in [0.5, 0.6) is 0 Å². The zero-order chi connectivity index (χ0) is 12.8. The number of nitrogens with one attached hydrogen (secondary N) is 1. The highest BCUT2D eigenvalue weighted by Crippen LogP contribution is 2.28. The van der Waals surface area contributed by atoms with E-state index in [4.69, 9.17) is 0 Å². The van der Waals surface area contributed by atoms with Gasteiger partial charge in [0.1, 0.15) is 0 Å². The van der Waals surface area contributed by atoms with Crippen LogP contribution in [0.15, 0.2) is 0 Å². The second-order valence-corrected chi connectivity index (χ2v) is 6.17. The third-order valence-corrected chi connectivity index (χ3v) is 4.39. The Morgan fingerprint density at radius 3 is 2.06 bits per heavy atom. The van der Waals surface area contributed by atoms with Gasteiger partial charge in [0, 0.05) is 12.6 Å². The normalized spacial score (nSPS) is 31.8. The molecule has 0 spiro atoms. The maximum atomic E-state index is 10.1. The van der Waals surface area contributed by atoms with Gasteiger partial charge >= 0.3 is 0 Å². The number of hydrogen-bond donors (Lipinski definition) is 2. The highest BCUT2D eigenvalue weighted by atomic mass is 16.3. The van der Waals surface area contributed by atoms with Gasteiger partial charge in [0.15, 0.2) is 0 Å². The van der Waals surface area contributed by atoms with Crippen LogP contribution in [0.2, 0.25) is 0 Å². The van der Waals surface area contributed by atoms with Crippen molar-refractivity contribution >= 4 is 0 Å². The SMILES string of the molecule is CCC(CC)C(O)CNC1CC(C)CC(C)C1. The average Bonchev–Trinajstić information content (AvgIpc) is 2.27. The minimum absolute atomic E-state index is 0.169. The van der Waals surface area contributed by atoms with Crippen molar-refractivity contribution in [3.05, 3.63) is 0 Å². The molecule has 3 unspecified atom stereocenters. The molecule has 17 heavy (non-hydrogen) atoms. The molecule has 2 N–H and O–H groups in total. The lowest BCUT2D eigenvalue weighted by molar-refractivity contribution is 0.0928. The Balaban J connectivity index is 2.29. The van der Waals surface area contributed by atoms with Crippen LogP contribution in [0.3, 0.4) is 0 Å². The summed E-state index contributed by atoms with van der Waals surface area (Å²) in [6.07, 6.45) is 5.92. The van der Waals surface area contributed by atoms with Crippen LogP contribution in [-0.4, -0.2) is 23.8 Å². The molecule has 0 aliphatic heterocycles. The number of aliphatic hydroxyl groups excluding tert-OH is 1. The van der Waals surface area contributed by atoms with Crippen LogP contribution in [0.25, 0.3) is 0 Å². The molecule has 0 aromatic heterocycles. The molecule has 1 rings (SSSR count). The molecule has 0 heterocycles. The summed E-state index contributed by atoms with van der Waals surface area (Å²) in [5, 5.41) is 13.7. The first-order valence-corrected chi connectivity index (χ1v) is 7.48. The number of aliphatic hydroxyl groups is 1. The van der Waals surface area contributed by atoms with Crippen molar-refractivity contribution in [1.29, 1.82) is 0 Å². The van der Waals surface area contributed by atoms with E-state index < -0.39 is 0 Å². The molecule has 2 heteroatoms. The third kappa shape index (κ3) is 4.97.